The van der Waals surface area contributed by atoms with E-state index in [4.69, 9.17) is 19.2 Å². The minimum atomic E-state index is -0.594. The van der Waals surface area contributed by atoms with Crippen molar-refractivity contribution in [2.75, 3.05) is 13.2 Å². The van der Waals surface area contributed by atoms with Crippen LogP contribution in [0.4, 0.5) is 0 Å². The highest BCUT2D eigenvalue weighted by molar-refractivity contribution is 6.05. The number of aromatic amines is 1. The second-order valence-corrected chi connectivity index (χ2v) is 8.77. The number of pyridine rings is 1. The monoisotopic (exact) mass is 478 g/mol. The van der Waals surface area contributed by atoms with Crippen LogP contribution in [0.3, 0.4) is 0 Å². The van der Waals surface area contributed by atoms with Crippen molar-refractivity contribution in [3.05, 3.63) is 63.6 Å². The van der Waals surface area contributed by atoms with Crippen molar-refractivity contribution in [1.82, 2.24) is 9.97 Å². The lowest BCUT2D eigenvalue weighted by Gasteiger charge is -2.24. The van der Waals surface area contributed by atoms with Gasteiger partial charge in [0.15, 0.2) is 0 Å². The molecule has 0 radical (unpaired) electrons. The number of esters is 3. The molecule has 0 bridgehead atoms. The zero-order valence-electron chi connectivity index (χ0n) is 20.5. The summed E-state index contributed by atoms with van der Waals surface area (Å²) in [6.07, 6.45) is 2.59. The van der Waals surface area contributed by atoms with Gasteiger partial charge in [0.05, 0.1) is 35.6 Å². The molecule has 1 atom stereocenters. The fraction of sp³-hybridized carbons (Fsp3) is 0.407. The van der Waals surface area contributed by atoms with Gasteiger partial charge in [0.2, 0.25) is 0 Å². The number of hydrogen-bond acceptors (Lipinski definition) is 7. The molecule has 4 rings (SSSR count). The summed E-state index contributed by atoms with van der Waals surface area (Å²) in [6, 6.07) is 7.54. The van der Waals surface area contributed by atoms with Gasteiger partial charge in [-0.2, -0.15) is 0 Å². The molecular formula is C27H30N2O6. The minimum Gasteiger partial charge on any atom is -0.462 e. The summed E-state index contributed by atoms with van der Waals surface area (Å²) in [4.78, 5) is 46.2. The van der Waals surface area contributed by atoms with E-state index in [-0.39, 0.29) is 36.8 Å². The van der Waals surface area contributed by atoms with E-state index in [2.05, 4.69) is 11.9 Å². The number of para-hydroxylation sites is 1. The van der Waals surface area contributed by atoms with Gasteiger partial charge >= 0.3 is 17.9 Å². The van der Waals surface area contributed by atoms with Gasteiger partial charge in [0.1, 0.15) is 12.3 Å². The van der Waals surface area contributed by atoms with Crippen LogP contribution in [-0.4, -0.2) is 41.1 Å². The largest absolute Gasteiger partial charge is 0.462 e. The number of nitrogens with one attached hydrogen (secondary N) is 1. The van der Waals surface area contributed by atoms with E-state index in [0.29, 0.717) is 17.0 Å². The molecule has 0 amide bonds. The van der Waals surface area contributed by atoms with Gasteiger partial charge in [-0.3, -0.25) is 4.98 Å². The Morgan fingerprint density at radius 3 is 2.43 bits per heavy atom. The van der Waals surface area contributed by atoms with Crippen LogP contribution in [0.1, 0.15) is 80.9 Å². The molecule has 1 aliphatic carbocycles. The van der Waals surface area contributed by atoms with Crippen molar-refractivity contribution in [3.8, 4) is 0 Å². The molecule has 8 nitrogen and oxygen atoms in total. The van der Waals surface area contributed by atoms with Gasteiger partial charge in [0.25, 0.3) is 0 Å². The highest BCUT2D eigenvalue weighted by Crippen LogP contribution is 2.32. The summed E-state index contributed by atoms with van der Waals surface area (Å²) in [5.74, 6) is -1.24. The van der Waals surface area contributed by atoms with Crippen LogP contribution < -0.4 is 0 Å². The Morgan fingerprint density at radius 2 is 1.69 bits per heavy atom. The lowest BCUT2D eigenvalue weighted by atomic mass is 9.84. The molecule has 0 saturated heterocycles. The third-order valence-corrected chi connectivity index (χ3v) is 6.34. The molecule has 0 saturated carbocycles. The molecule has 8 heteroatoms. The third-order valence-electron chi connectivity index (χ3n) is 6.34. The minimum absolute atomic E-state index is 0.140. The molecule has 1 unspecified atom stereocenters. The van der Waals surface area contributed by atoms with E-state index < -0.39 is 17.9 Å². The zero-order chi connectivity index (χ0) is 25.1. The Labute approximate surface area is 204 Å². The average Bonchev–Trinajstić information content (AvgIpc) is 3.17. The number of rotatable bonds is 7. The maximum absolute atomic E-state index is 13.5. The quantitative estimate of drug-likeness (QED) is 0.387. The number of benzene rings is 1. The SMILES string of the molecule is CCOC(=O)c1[nH]c(COC(=O)c2c3c(nc4ccccc24)CCC(C)C3)c(C(=O)OCC)c1C. The van der Waals surface area contributed by atoms with E-state index in [9.17, 15) is 14.4 Å². The standard InChI is InChI=1S/C27H30N2O6/c1-5-33-25(30)22-16(4)24(27(32)34-6-2)29-21(22)14-35-26(31)23-17-9-7-8-10-19(17)28-20-12-11-15(3)13-18(20)23/h7-10,15,29H,5-6,11-14H2,1-4H3. The molecule has 3 aromatic rings. The Kier molecular flexibility index (Phi) is 7.19. The van der Waals surface area contributed by atoms with Crippen molar-refractivity contribution >= 4 is 28.8 Å². The molecule has 184 valence electrons. The predicted octanol–water partition coefficient (Wildman–Crippen LogP) is 4.71. The highest BCUT2D eigenvalue weighted by atomic mass is 16.5. The van der Waals surface area contributed by atoms with Crippen LogP contribution in [-0.2, 0) is 33.7 Å². The first-order valence-corrected chi connectivity index (χ1v) is 12.0. The predicted molar refractivity (Wildman–Crippen MR) is 129 cm³/mol. The van der Waals surface area contributed by atoms with Crippen LogP contribution in [0.2, 0.25) is 0 Å². The van der Waals surface area contributed by atoms with Crippen LogP contribution in [0.15, 0.2) is 24.3 Å². The van der Waals surface area contributed by atoms with Gasteiger partial charge in [-0.05, 0) is 63.1 Å². The number of fused-ring (bicyclic) bond motifs is 2. The molecule has 1 N–H and O–H groups in total. The Morgan fingerprint density at radius 1 is 1.00 bits per heavy atom. The van der Waals surface area contributed by atoms with Crippen molar-refractivity contribution in [1.29, 1.82) is 0 Å². The molecular weight excluding hydrogens is 448 g/mol. The van der Waals surface area contributed by atoms with Crippen LogP contribution in [0, 0.1) is 12.8 Å². The van der Waals surface area contributed by atoms with Crippen LogP contribution in [0.5, 0.6) is 0 Å². The smallest absolute Gasteiger partial charge is 0.355 e. The van der Waals surface area contributed by atoms with Gasteiger partial charge in [0, 0.05) is 11.1 Å². The second kappa shape index (κ2) is 10.3. The zero-order valence-corrected chi connectivity index (χ0v) is 20.5. The number of aryl methyl sites for hydroxylation is 1. The third kappa shape index (κ3) is 4.78. The summed E-state index contributed by atoms with van der Waals surface area (Å²) in [6.45, 7) is 7.33. The average molecular weight is 479 g/mol. The Hall–Kier alpha value is -3.68. The summed E-state index contributed by atoms with van der Waals surface area (Å²) in [5, 5.41) is 0.742. The van der Waals surface area contributed by atoms with Crippen molar-refractivity contribution < 1.29 is 28.6 Å². The van der Waals surface area contributed by atoms with E-state index in [0.717, 1.165) is 41.4 Å². The fourth-order valence-corrected chi connectivity index (χ4v) is 4.66. The normalized spacial score (nSPS) is 14.9. The van der Waals surface area contributed by atoms with E-state index in [1.165, 1.54) is 0 Å². The lowest BCUT2D eigenvalue weighted by Crippen LogP contribution is -2.19. The molecule has 0 fully saturated rings. The highest BCUT2D eigenvalue weighted by Gasteiger charge is 2.29. The number of hydrogen-bond donors (Lipinski definition) is 1. The topological polar surface area (TPSA) is 108 Å². The van der Waals surface area contributed by atoms with Gasteiger partial charge in [-0.25, -0.2) is 14.4 Å². The molecule has 35 heavy (non-hydrogen) atoms. The van der Waals surface area contributed by atoms with Gasteiger partial charge in [-0.1, -0.05) is 25.1 Å². The molecule has 1 aromatic carbocycles. The van der Waals surface area contributed by atoms with Gasteiger partial charge in [-0.15, -0.1) is 0 Å². The van der Waals surface area contributed by atoms with Gasteiger partial charge < -0.3 is 19.2 Å². The number of carbonyl (C=O) groups excluding carboxylic acids is 3. The Bertz CT molecular complexity index is 1290. The van der Waals surface area contributed by atoms with E-state index in [1.807, 2.05) is 24.3 Å². The summed E-state index contributed by atoms with van der Waals surface area (Å²) < 4.78 is 16.0. The van der Waals surface area contributed by atoms with Crippen molar-refractivity contribution in [2.45, 2.75) is 53.6 Å². The number of H-pyrrole nitrogens is 1. The Balaban J connectivity index is 1.70. The summed E-state index contributed by atoms with van der Waals surface area (Å²) in [7, 11) is 0. The molecule has 2 aromatic heterocycles. The molecule has 0 spiro atoms. The first-order valence-electron chi connectivity index (χ1n) is 12.0. The molecule has 1 aliphatic rings. The number of nitrogens with zero attached hydrogens (tertiary/aromatic N) is 1. The van der Waals surface area contributed by atoms with E-state index >= 15 is 0 Å². The molecule has 2 heterocycles. The number of ether oxygens (including phenoxy) is 3. The van der Waals surface area contributed by atoms with Crippen LogP contribution in [0.25, 0.3) is 10.9 Å². The van der Waals surface area contributed by atoms with E-state index in [1.54, 1.807) is 20.8 Å². The fourth-order valence-electron chi connectivity index (χ4n) is 4.66. The first kappa shape index (κ1) is 24.4. The first-order chi connectivity index (χ1) is 16.8. The van der Waals surface area contributed by atoms with Crippen molar-refractivity contribution in [3.63, 3.8) is 0 Å². The van der Waals surface area contributed by atoms with Crippen LogP contribution >= 0.6 is 0 Å². The lowest BCUT2D eigenvalue weighted by molar-refractivity contribution is 0.0446. The van der Waals surface area contributed by atoms with Crippen molar-refractivity contribution in [2.24, 2.45) is 5.92 Å². The second-order valence-electron chi connectivity index (χ2n) is 8.77. The maximum atomic E-state index is 13.5. The molecule has 0 aliphatic heterocycles. The summed E-state index contributed by atoms with van der Waals surface area (Å²) >= 11 is 0. The number of aromatic nitrogens is 2. The maximum Gasteiger partial charge on any atom is 0.355 e. The summed E-state index contributed by atoms with van der Waals surface area (Å²) in [5.41, 5.74) is 4.13. The number of carbonyl (C=O) groups is 3.